The first kappa shape index (κ1) is 31.9. The first-order chi connectivity index (χ1) is 20.0. The van der Waals surface area contributed by atoms with Crippen LogP contribution in [0.25, 0.3) is 10.9 Å². The molecule has 15 nitrogen and oxygen atoms in total. The summed E-state index contributed by atoms with van der Waals surface area (Å²) in [6, 6.07) is 3.23. The number of carbonyl (C=O) groups is 5. The molecular weight excluding hydrogens is 546 g/mol. The minimum atomic E-state index is -1.24. The van der Waals surface area contributed by atoms with Gasteiger partial charge in [-0.2, -0.15) is 0 Å². The van der Waals surface area contributed by atoms with Crippen LogP contribution in [0, 0.1) is 0 Å². The second-order valence-corrected chi connectivity index (χ2v) is 10.3. The summed E-state index contributed by atoms with van der Waals surface area (Å²) in [7, 11) is 0. The van der Waals surface area contributed by atoms with Crippen molar-refractivity contribution >= 4 is 46.5 Å². The molecule has 0 bridgehead atoms. The van der Waals surface area contributed by atoms with Crippen LogP contribution < -0.4 is 33.6 Å². The quantitative estimate of drug-likeness (QED) is 0.0678. The van der Waals surface area contributed by atoms with E-state index in [0.717, 1.165) is 16.5 Å². The zero-order chi connectivity index (χ0) is 30.8. The van der Waals surface area contributed by atoms with Gasteiger partial charge in [-0.1, -0.05) is 18.2 Å². The maximum absolute atomic E-state index is 13.6. The molecule has 1 saturated heterocycles. The fourth-order valence-electron chi connectivity index (χ4n) is 4.98. The van der Waals surface area contributed by atoms with E-state index in [9.17, 15) is 29.1 Å². The summed E-state index contributed by atoms with van der Waals surface area (Å²) in [5.74, 6) is -3.84. The average molecular weight is 586 g/mol. The number of para-hydroxylation sites is 1. The van der Waals surface area contributed by atoms with Crippen LogP contribution in [0.2, 0.25) is 0 Å². The van der Waals surface area contributed by atoms with Gasteiger partial charge in [-0.05, 0) is 50.2 Å². The number of nitrogens with one attached hydrogen (secondary N) is 3. The van der Waals surface area contributed by atoms with Crippen LogP contribution >= 0.6 is 0 Å². The molecule has 1 aliphatic rings. The van der Waals surface area contributed by atoms with Crippen LogP contribution in [0.15, 0.2) is 35.5 Å². The summed E-state index contributed by atoms with van der Waals surface area (Å²) in [6.45, 7) is 0.406. The first-order valence-corrected chi connectivity index (χ1v) is 13.8. The number of carboxylic acids is 1. The maximum Gasteiger partial charge on any atom is 0.326 e. The SMILES string of the molecule is NC(=O)CCC(NC(=O)C(N)Cc1c[nH]c2ccccc12)C(=O)N1CCCC1C(=O)NC(CCCN=C(N)N)C(=O)O. The Hall–Kier alpha value is -4.66. The lowest BCUT2D eigenvalue weighted by Crippen LogP contribution is -2.57. The fraction of sp³-hybridized carbons (Fsp3) is 0.481. The lowest BCUT2D eigenvalue weighted by Gasteiger charge is -2.30. The van der Waals surface area contributed by atoms with Gasteiger partial charge in [0.2, 0.25) is 23.6 Å². The number of carboxylic acid groups (broad SMARTS) is 1. The van der Waals surface area contributed by atoms with E-state index < -0.39 is 53.8 Å². The van der Waals surface area contributed by atoms with Crippen molar-refractivity contribution in [3.8, 4) is 0 Å². The number of nitrogens with zero attached hydrogens (tertiary/aromatic N) is 2. The molecule has 12 N–H and O–H groups in total. The number of guanidine groups is 1. The van der Waals surface area contributed by atoms with Crippen LogP contribution in [-0.2, 0) is 30.4 Å². The van der Waals surface area contributed by atoms with E-state index in [4.69, 9.17) is 22.9 Å². The van der Waals surface area contributed by atoms with E-state index in [-0.39, 0.29) is 44.7 Å². The second-order valence-electron chi connectivity index (χ2n) is 10.3. The summed E-state index contributed by atoms with van der Waals surface area (Å²) in [6.07, 6.45) is 2.86. The molecule has 2 heterocycles. The molecule has 4 atom stereocenters. The summed E-state index contributed by atoms with van der Waals surface area (Å²) in [4.78, 5) is 71.3. The third-order valence-electron chi connectivity index (χ3n) is 7.14. The van der Waals surface area contributed by atoms with Gasteiger partial charge in [-0.3, -0.25) is 24.2 Å². The van der Waals surface area contributed by atoms with Gasteiger partial charge in [0.25, 0.3) is 0 Å². The van der Waals surface area contributed by atoms with Crippen molar-refractivity contribution in [2.24, 2.45) is 27.9 Å². The van der Waals surface area contributed by atoms with Crippen molar-refractivity contribution < 1.29 is 29.1 Å². The Balaban J connectivity index is 1.67. The largest absolute Gasteiger partial charge is 0.480 e. The maximum atomic E-state index is 13.6. The number of likely N-dealkylation sites (tertiary alicyclic amines) is 1. The van der Waals surface area contributed by atoms with Gasteiger partial charge in [-0.25, -0.2) is 4.79 Å². The molecule has 4 unspecified atom stereocenters. The Labute approximate surface area is 242 Å². The molecule has 228 valence electrons. The number of aromatic nitrogens is 1. The molecule has 1 aliphatic heterocycles. The van der Waals surface area contributed by atoms with Crippen LogP contribution in [-0.4, -0.2) is 87.8 Å². The van der Waals surface area contributed by atoms with Crippen molar-refractivity contribution in [3.05, 3.63) is 36.0 Å². The number of carbonyl (C=O) groups excluding carboxylic acids is 4. The van der Waals surface area contributed by atoms with Crippen LogP contribution in [0.4, 0.5) is 0 Å². The molecule has 42 heavy (non-hydrogen) atoms. The number of primary amides is 1. The van der Waals surface area contributed by atoms with E-state index >= 15 is 0 Å². The first-order valence-electron chi connectivity index (χ1n) is 13.8. The molecule has 15 heteroatoms. The number of fused-ring (bicyclic) bond motifs is 1. The zero-order valence-electron chi connectivity index (χ0n) is 23.3. The van der Waals surface area contributed by atoms with Gasteiger partial charge in [0.05, 0.1) is 6.04 Å². The Morgan fingerprint density at radius 3 is 2.50 bits per heavy atom. The topological polar surface area (TPSA) is 265 Å². The predicted octanol–water partition coefficient (Wildman–Crippen LogP) is -1.60. The highest BCUT2D eigenvalue weighted by Gasteiger charge is 2.39. The molecule has 1 aromatic carbocycles. The van der Waals surface area contributed by atoms with Crippen molar-refractivity contribution in [1.29, 1.82) is 0 Å². The molecule has 0 aliphatic carbocycles. The van der Waals surface area contributed by atoms with Gasteiger partial charge in [0.1, 0.15) is 18.1 Å². The van der Waals surface area contributed by atoms with Crippen molar-refractivity contribution in [1.82, 2.24) is 20.5 Å². The highest BCUT2D eigenvalue weighted by molar-refractivity contribution is 5.95. The number of hydrogen-bond acceptors (Lipinski definition) is 7. The van der Waals surface area contributed by atoms with E-state index in [1.807, 2.05) is 24.3 Å². The monoisotopic (exact) mass is 585 g/mol. The van der Waals surface area contributed by atoms with Crippen LogP contribution in [0.1, 0.15) is 44.1 Å². The number of aliphatic carboxylic acids is 1. The third kappa shape index (κ3) is 8.67. The van der Waals surface area contributed by atoms with E-state index in [0.29, 0.717) is 19.3 Å². The van der Waals surface area contributed by atoms with Gasteiger partial charge < -0.3 is 48.6 Å². The zero-order valence-corrected chi connectivity index (χ0v) is 23.3. The highest BCUT2D eigenvalue weighted by Crippen LogP contribution is 2.21. The number of amides is 4. The predicted molar refractivity (Wildman–Crippen MR) is 155 cm³/mol. The third-order valence-corrected chi connectivity index (χ3v) is 7.14. The van der Waals surface area contributed by atoms with Gasteiger partial charge in [0.15, 0.2) is 5.96 Å². The fourth-order valence-corrected chi connectivity index (χ4v) is 4.98. The lowest BCUT2D eigenvalue weighted by molar-refractivity contribution is -0.145. The number of rotatable bonds is 15. The normalized spacial score (nSPS) is 16.8. The standard InChI is InChI=1S/C27H39N9O6/c28-17(13-15-14-33-18-6-2-1-5-16(15)18)23(38)34-19(9-10-22(29)37)25(40)36-12-4-8-21(36)24(39)35-20(26(41)42)7-3-11-32-27(30)31/h1-2,5-6,14,17,19-21,33H,3-4,7-13,28H2,(H2,29,37)(H,34,38)(H,35,39)(H,41,42)(H4,30,31,32). The molecule has 1 aromatic heterocycles. The van der Waals surface area contributed by atoms with Crippen molar-refractivity contribution in [2.75, 3.05) is 13.1 Å². The smallest absolute Gasteiger partial charge is 0.326 e. The number of hydrogen-bond donors (Lipinski definition) is 8. The summed E-state index contributed by atoms with van der Waals surface area (Å²) < 4.78 is 0. The van der Waals surface area contributed by atoms with Gasteiger partial charge in [0, 0.05) is 36.6 Å². The number of aromatic amines is 1. The molecule has 2 aromatic rings. The molecule has 1 fully saturated rings. The van der Waals surface area contributed by atoms with Crippen molar-refractivity contribution in [3.63, 3.8) is 0 Å². The Kier molecular flexibility index (Phi) is 11.2. The summed E-state index contributed by atoms with van der Waals surface area (Å²) in [5, 5.41) is 15.6. The Bertz CT molecular complexity index is 1320. The minimum Gasteiger partial charge on any atom is -0.480 e. The van der Waals surface area contributed by atoms with Crippen molar-refractivity contribution in [2.45, 2.75) is 69.1 Å². The molecule has 3 rings (SSSR count). The number of benzene rings is 1. The lowest BCUT2D eigenvalue weighted by atomic mass is 10.0. The summed E-state index contributed by atoms with van der Waals surface area (Å²) >= 11 is 0. The number of nitrogens with two attached hydrogens (primary N) is 4. The van der Waals surface area contributed by atoms with E-state index in [1.165, 1.54) is 4.90 Å². The summed E-state index contributed by atoms with van der Waals surface area (Å²) in [5.41, 5.74) is 23.8. The Morgan fingerprint density at radius 2 is 1.81 bits per heavy atom. The minimum absolute atomic E-state index is 0.0735. The van der Waals surface area contributed by atoms with E-state index in [2.05, 4.69) is 20.6 Å². The number of aliphatic imine (C=N–C) groups is 1. The average Bonchev–Trinajstić information content (AvgIpc) is 3.59. The number of H-pyrrole nitrogens is 1. The molecular formula is C27H39N9O6. The molecule has 4 amide bonds. The van der Waals surface area contributed by atoms with E-state index in [1.54, 1.807) is 6.20 Å². The Morgan fingerprint density at radius 1 is 1.07 bits per heavy atom. The van der Waals surface area contributed by atoms with Gasteiger partial charge in [-0.15, -0.1) is 0 Å². The van der Waals surface area contributed by atoms with Crippen LogP contribution in [0.5, 0.6) is 0 Å². The highest BCUT2D eigenvalue weighted by atomic mass is 16.4. The molecule has 0 radical (unpaired) electrons. The molecule has 0 saturated carbocycles. The van der Waals surface area contributed by atoms with Crippen LogP contribution in [0.3, 0.4) is 0 Å². The second kappa shape index (κ2) is 14.8. The molecule has 0 spiro atoms. The van der Waals surface area contributed by atoms with Gasteiger partial charge >= 0.3 is 5.97 Å².